The summed E-state index contributed by atoms with van der Waals surface area (Å²) in [5.74, 6) is -0.445. The van der Waals surface area contributed by atoms with Gasteiger partial charge in [0.1, 0.15) is 6.54 Å². The first kappa shape index (κ1) is 30.0. The molecule has 1 N–H and O–H groups in total. The van der Waals surface area contributed by atoms with Crippen LogP contribution in [0.2, 0.25) is 0 Å². The predicted molar refractivity (Wildman–Crippen MR) is 165 cm³/mol. The molecule has 9 heteroatoms. The molecular weight excluding hydrogens is 536 g/mol. The third-order valence-electron chi connectivity index (χ3n) is 6.95. The maximum atomic E-state index is 14.1. The van der Waals surface area contributed by atoms with Crippen molar-refractivity contribution in [2.45, 2.75) is 37.6 Å². The van der Waals surface area contributed by atoms with E-state index in [1.807, 2.05) is 73.6 Å². The smallest absolute Gasteiger partial charge is 0.264 e. The third-order valence-corrected chi connectivity index (χ3v) is 8.74. The number of hydrogen-bond donors (Lipinski definition) is 1. The van der Waals surface area contributed by atoms with Gasteiger partial charge in [-0.2, -0.15) is 0 Å². The van der Waals surface area contributed by atoms with Crippen LogP contribution >= 0.6 is 0 Å². The first-order valence-electron chi connectivity index (χ1n) is 13.5. The number of aliphatic hydroxyl groups is 1. The van der Waals surface area contributed by atoms with Gasteiger partial charge in [-0.1, -0.05) is 63.2 Å². The van der Waals surface area contributed by atoms with Crippen molar-refractivity contribution < 1.29 is 18.3 Å². The van der Waals surface area contributed by atoms with E-state index in [9.17, 15) is 18.3 Å². The summed E-state index contributed by atoms with van der Waals surface area (Å²) in [5, 5.41) is 10.7. The summed E-state index contributed by atoms with van der Waals surface area (Å²) in [6.07, 6.45) is 0. The Labute approximate surface area is 242 Å². The van der Waals surface area contributed by atoms with E-state index < -0.39 is 22.5 Å². The van der Waals surface area contributed by atoms with Crippen LogP contribution in [0.4, 0.5) is 11.4 Å². The molecule has 0 saturated carbocycles. The lowest BCUT2D eigenvalue weighted by molar-refractivity contribution is -0.130. The maximum Gasteiger partial charge on any atom is 0.264 e. The third kappa shape index (κ3) is 7.04. The van der Waals surface area contributed by atoms with Gasteiger partial charge in [-0.15, -0.1) is 0 Å². The molecule has 1 aromatic heterocycles. The van der Waals surface area contributed by atoms with Crippen LogP contribution in [-0.4, -0.2) is 63.1 Å². The van der Waals surface area contributed by atoms with Crippen LogP contribution in [0.25, 0.3) is 10.9 Å². The Kier molecular flexibility index (Phi) is 8.99. The molecule has 0 unspecified atom stereocenters. The highest BCUT2D eigenvalue weighted by Gasteiger charge is 2.30. The first-order valence-corrected chi connectivity index (χ1v) is 15.0. The minimum atomic E-state index is -4.11. The molecule has 0 fully saturated rings. The lowest BCUT2D eigenvalue weighted by atomic mass is 9.87. The Morgan fingerprint density at radius 3 is 2.22 bits per heavy atom. The number of hydrogen-bond acceptors (Lipinski definition) is 6. The average molecular weight is 575 g/mol. The van der Waals surface area contributed by atoms with Gasteiger partial charge in [-0.05, 0) is 53.4 Å². The number of sulfonamides is 1. The Morgan fingerprint density at radius 1 is 0.878 bits per heavy atom. The van der Waals surface area contributed by atoms with Gasteiger partial charge in [0, 0.05) is 31.7 Å². The fourth-order valence-corrected chi connectivity index (χ4v) is 5.93. The van der Waals surface area contributed by atoms with Crippen LogP contribution in [0.3, 0.4) is 0 Å². The van der Waals surface area contributed by atoms with Crippen molar-refractivity contribution in [1.29, 1.82) is 0 Å². The van der Waals surface area contributed by atoms with E-state index in [0.717, 1.165) is 26.5 Å². The number of anilines is 2. The van der Waals surface area contributed by atoms with E-state index >= 15 is 0 Å². The molecule has 0 radical (unpaired) electrons. The zero-order valence-corrected chi connectivity index (χ0v) is 25.1. The molecule has 0 aliphatic heterocycles. The quantitative estimate of drug-likeness (QED) is 0.292. The number of aliphatic hydroxyl groups excluding tert-OH is 1. The summed E-state index contributed by atoms with van der Waals surface area (Å²) >= 11 is 0. The number of carbonyl (C=O) groups is 1. The lowest BCUT2D eigenvalue weighted by Crippen LogP contribution is -2.44. The summed E-state index contributed by atoms with van der Waals surface area (Å²) in [6, 6.07) is 25.3. The molecule has 1 heterocycles. The molecule has 4 rings (SSSR count). The minimum absolute atomic E-state index is 0.0409. The standard InChI is InChI=1S/C32H38N4O4S/c1-32(2,3)25-14-17-29(18-15-25)41(39,40)36(28-11-8-10-27(21-28)34(4)5)23-31(38)35(19-20-37)22-26-16-13-24-9-6-7-12-30(24)33-26/h6-18,21,37H,19-20,22-23H2,1-5H3. The molecule has 0 aliphatic rings. The number of pyridine rings is 1. The van der Waals surface area contributed by atoms with E-state index in [2.05, 4.69) is 25.8 Å². The van der Waals surface area contributed by atoms with E-state index in [1.54, 1.807) is 30.3 Å². The highest BCUT2D eigenvalue weighted by atomic mass is 32.2. The Bertz CT molecular complexity index is 1610. The average Bonchev–Trinajstić information content (AvgIpc) is 2.95. The highest BCUT2D eigenvalue weighted by Crippen LogP contribution is 2.29. The van der Waals surface area contributed by atoms with Crippen LogP contribution in [0, 0.1) is 0 Å². The molecule has 216 valence electrons. The summed E-state index contributed by atoms with van der Waals surface area (Å²) in [7, 11) is -0.377. The topological polar surface area (TPSA) is 94.0 Å². The first-order chi connectivity index (χ1) is 19.4. The summed E-state index contributed by atoms with van der Waals surface area (Å²) in [5.41, 5.74) is 3.48. The van der Waals surface area contributed by atoms with Crippen molar-refractivity contribution in [2.24, 2.45) is 0 Å². The van der Waals surface area contributed by atoms with Crippen molar-refractivity contribution >= 4 is 38.2 Å². The molecule has 0 spiro atoms. The number of amides is 1. The number of aromatic nitrogens is 1. The number of fused-ring (bicyclic) bond motifs is 1. The van der Waals surface area contributed by atoms with Crippen LogP contribution in [0.15, 0.2) is 89.8 Å². The second-order valence-corrected chi connectivity index (χ2v) is 13.1. The normalized spacial score (nSPS) is 11.9. The number of nitrogens with zero attached hydrogens (tertiary/aromatic N) is 4. The van der Waals surface area contributed by atoms with Crippen molar-refractivity contribution in [2.75, 3.05) is 43.0 Å². The molecule has 8 nitrogen and oxygen atoms in total. The number of para-hydroxylation sites is 1. The van der Waals surface area contributed by atoms with Crippen molar-refractivity contribution in [1.82, 2.24) is 9.88 Å². The molecule has 0 aliphatic carbocycles. The molecule has 1 amide bonds. The molecule has 0 atom stereocenters. The molecule has 41 heavy (non-hydrogen) atoms. The highest BCUT2D eigenvalue weighted by molar-refractivity contribution is 7.92. The zero-order chi connectivity index (χ0) is 29.8. The van der Waals surface area contributed by atoms with E-state index in [-0.39, 0.29) is 30.0 Å². The molecular formula is C32H38N4O4S. The Balaban J connectivity index is 1.69. The van der Waals surface area contributed by atoms with Gasteiger partial charge in [-0.3, -0.25) is 14.1 Å². The Hall–Kier alpha value is -3.95. The fourth-order valence-electron chi connectivity index (χ4n) is 4.52. The van der Waals surface area contributed by atoms with Gasteiger partial charge in [0.05, 0.1) is 34.9 Å². The van der Waals surface area contributed by atoms with Crippen molar-refractivity contribution in [3.05, 3.63) is 96.2 Å². The van der Waals surface area contributed by atoms with Gasteiger partial charge in [0.2, 0.25) is 5.91 Å². The Morgan fingerprint density at radius 2 is 1.56 bits per heavy atom. The second kappa shape index (κ2) is 12.3. The SMILES string of the molecule is CN(C)c1cccc(N(CC(=O)N(CCO)Cc2ccc3ccccc3n2)S(=O)(=O)c2ccc(C(C)(C)C)cc2)c1. The molecule has 4 aromatic rings. The molecule has 0 saturated heterocycles. The monoisotopic (exact) mass is 574 g/mol. The predicted octanol–water partition coefficient (Wildman–Crippen LogP) is 4.81. The number of benzene rings is 3. The van der Waals surface area contributed by atoms with Gasteiger partial charge in [-0.25, -0.2) is 8.42 Å². The van der Waals surface area contributed by atoms with Gasteiger partial charge < -0.3 is 14.9 Å². The van der Waals surface area contributed by atoms with E-state index in [0.29, 0.717) is 11.4 Å². The van der Waals surface area contributed by atoms with Gasteiger partial charge in [0.25, 0.3) is 10.0 Å². The van der Waals surface area contributed by atoms with Gasteiger partial charge in [0.15, 0.2) is 0 Å². The summed E-state index contributed by atoms with van der Waals surface area (Å²) < 4.78 is 29.3. The summed E-state index contributed by atoms with van der Waals surface area (Å²) in [4.78, 5) is 21.8. The molecule has 3 aromatic carbocycles. The van der Waals surface area contributed by atoms with Crippen LogP contribution in [-0.2, 0) is 26.8 Å². The summed E-state index contributed by atoms with van der Waals surface area (Å²) in [6.45, 7) is 5.66. The van der Waals surface area contributed by atoms with E-state index in [4.69, 9.17) is 0 Å². The fraction of sp³-hybridized carbons (Fsp3) is 0.312. The van der Waals surface area contributed by atoms with E-state index in [1.165, 1.54) is 4.90 Å². The minimum Gasteiger partial charge on any atom is -0.395 e. The lowest BCUT2D eigenvalue weighted by Gasteiger charge is -2.29. The zero-order valence-electron chi connectivity index (χ0n) is 24.3. The van der Waals surface area contributed by atoms with Crippen molar-refractivity contribution in [3.8, 4) is 0 Å². The van der Waals surface area contributed by atoms with Gasteiger partial charge >= 0.3 is 0 Å². The van der Waals surface area contributed by atoms with Crippen LogP contribution < -0.4 is 9.21 Å². The largest absolute Gasteiger partial charge is 0.395 e. The van der Waals surface area contributed by atoms with Crippen molar-refractivity contribution in [3.63, 3.8) is 0 Å². The number of rotatable bonds is 10. The van der Waals surface area contributed by atoms with Crippen LogP contribution in [0.1, 0.15) is 32.0 Å². The number of carbonyl (C=O) groups excluding carboxylic acids is 1. The maximum absolute atomic E-state index is 14.1. The molecule has 0 bridgehead atoms. The second-order valence-electron chi connectivity index (χ2n) is 11.2. The van der Waals surface area contributed by atoms with Crippen LogP contribution in [0.5, 0.6) is 0 Å².